The molecule has 0 saturated heterocycles. The van der Waals surface area contributed by atoms with Crippen molar-refractivity contribution in [1.29, 1.82) is 0 Å². The monoisotopic (exact) mass is 363 g/mol. The zero-order chi connectivity index (χ0) is 17.1. The fourth-order valence-corrected chi connectivity index (χ4v) is 3.55. The molecule has 1 aromatic carbocycles. The van der Waals surface area contributed by atoms with Crippen molar-refractivity contribution in [1.82, 2.24) is 14.1 Å². The van der Waals surface area contributed by atoms with E-state index in [4.69, 9.17) is 17.0 Å². The highest BCUT2D eigenvalue weighted by molar-refractivity contribution is 7.73. The van der Waals surface area contributed by atoms with Gasteiger partial charge in [0.05, 0.1) is 6.54 Å². The average Bonchev–Trinajstić information content (AvgIpc) is 2.89. The molecular formula is C16H14FN3O2S2. The molecule has 0 saturated carbocycles. The predicted octanol–water partition coefficient (Wildman–Crippen LogP) is 3.39. The maximum Gasteiger partial charge on any atom is 0.273 e. The van der Waals surface area contributed by atoms with E-state index in [1.165, 1.54) is 28.3 Å². The third-order valence-corrected chi connectivity index (χ3v) is 4.81. The molecule has 0 atom stereocenters. The van der Waals surface area contributed by atoms with Crippen LogP contribution >= 0.6 is 23.6 Å². The van der Waals surface area contributed by atoms with Crippen molar-refractivity contribution in [3.05, 3.63) is 63.4 Å². The molecule has 5 nitrogen and oxygen atoms in total. The van der Waals surface area contributed by atoms with Gasteiger partial charge in [0.15, 0.2) is 21.2 Å². The van der Waals surface area contributed by atoms with Gasteiger partial charge >= 0.3 is 0 Å². The van der Waals surface area contributed by atoms with Gasteiger partial charge in [-0.1, -0.05) is 29.5 Å². The number of hydrogen-bond donors (Lipinski definition) is 0. The van der Waals surface area contributed by atoms with Crippen LogP contribution < -0.4 is 10.3 Å². The quantitative estimate of drug-likeness (QED) is 0.498. The minimum absolute atomic E-state index is 0.160. The van der Waals surface area contributed by atoms with Gasteiger partial charge in [-0.05, 0) is 24.4 Å². The molecule has 0 spiro atoms. The van der Waals surface area contributed by atoms with Crippen molar-refractivity contribution in [2.45, 2.75) is 13.1 Å². The van der Waals surface area contributed by atoms with Crippen LogP contribution in [0.25, 0.3) is 10.3 Å². The van der Waals surface area contributed by atoms with Crippen LogP contribution in [0.4, 0.5) is 4.39 Å². The first-order chi connectivity index (χ1) is 11.6. The van der Waals surface area contributed by atoms with Crippen LogP contribution in [0, 0.1) is 9.77 Å². The summed E-state index contributed by atoms with van der Waals surface area (Å²) in [5.41, 5.74) is 0.372. The number of para-hydroxylation sites is 1. The molecule has 0 bridgehead atoms. The van der Waals surface area contributed by atoms with Gasteiger partial charge in [-0.3, -0.25) is 9.36 Å². The van der Waals surface area contributed by atoms with Crippen molar-refractivity contribution >= 4 is 33.9 Å². The zero-order valence-corrected chi connectivity index (χ0v) is 14.3. The van der Waals surface area contributed by atoms with E-state index in [1.807, 2.05) is 0 Å². The van der Waals surface area contributed by atoms with E-state index in [2.05, 4.69) is 11.6 Å². The van der Waals surface area contributed by atoms with Gasteiger partial charge in [0.1, 0.15) is 17.6 Å². The van der Waals surface area contributed by atoms with E-state index in [9.17, 15) is 9.18 Å². The smallest absolute Gasteiger partial charge is 0.273 e. The maximum atomic E-state index is 13.5. The molecule has 8 heteroatoms. The Hall–Kier alpha value is -2.32. The van der Waals surface area contributed by atoms with Gasteiger partial charge in [0, 0.05) is 6.54 Å². The normalized spacial score (nSPS) is 10.9. The minimum atomic E-state index is -0.433. The van der Waals surface area contributed by atoms with Gasteiger partial charge in [-0.2, -0.15) is 0 Å². The molecule has 0 unspecified atom stereocenters. The SMILES string of the molecule is C=CCn1c(=S)sc2c(=O)n(CCOc3ccccc3F)cnc21. The number of aromatic nitrogens is 3. The Morgan fingerprint density at radius 2 is 2.21 bits per heavy atom. The van der Waals surface area contributed by atoms with Gasteiger partial charge in [-0.15, -0.1) is 6.58 Å². The van der Waals surface area contributed by atoms with E-state index < -0.39 is 5.82 Å². The van der Waals surface area contributed by atoms with Gasteiger partial charge < -0.3 is 9.30 Å². The standard InChI is InChI=1S/C16H14FN3O2S2/c1-2-7-20-14-13(24-16(20)23)15(21)19(10-18-14)8-9-22-12-6-4-3-5-11(12)17/h2-6,10H,1,7-9H2. The Kier molecular flexibility index (Phi) is 4.86. The van der Waals surface area contributed by atoms with Gasteiger partial charge in [0.25, 0.3) is 5.56 Å². The maximum absolute atomic E-state index is 13.5. The number of nitrogens with zero attached hydrogens (tertiary/aromatic N) is 3. The van der Waals surface area contributed by atoms with Crippen molar-refractivity contribution in [2.24, 2.45) is 0 Å². The van der Waals surface area contributed by atoms with Crippen LogP contribution in [-0.2, 0) is 13.1 Å². The first kappa shape index (κ1) is 16.5. The minimum Gasteiger partial charge on any atom is -0.489 e. The largest absolute Gasteiger partial charge is 0.489 e. The Balaban J connectivity index is 1.82. The second-order valence-electron chi connectivity index (χ2n) is 4.94. The molecule has 3 rings (SSSR count). The summed E-state index contributed by atoms with van der Waals surface area (Å²) in [5.74, 6) is -0.273. The molecule has 0 aliphatic carbocycles. The van der Waals surface area contributed by atoms with Crippen molar-refractivity contribution in [3.8, 4) is 5.75 Å². The molecule has 0 N–H and O–H groups in total. The van der Waals surface area contributed by atoms with Crippen LogP contribution in [0.1, 0.15) is 0 Å². The van der Waals surface area contributed by atoms with Crippen LogP contribution in [-0.4, -0.2) is 20.7 Å². The number of hydrogen-bond acceptors (Lipinski definition) is 5. The number of benzene rings is 1. The molecule has 3 aromatic rings. The van der Waals surface area contributed by atoms with E-state index in [0.29, 0.717) is 20.8 Å². The van der Waals surface area contributed by atoms with Crippen molar-refractivity contribution < 1.29 is 9.13 Å². The van der Waals surface area contributed by atoms with E-state index >= 15 is 0 Å². The van der Waals surface area contributed by atoms with E-state index in [1.54, 1.807) is 28.8 Å². The van der Waals surface area contributed by atoms with Crippen molar-refractivity contribution in [2.75, 3.05) is 6.61 Å². The van der Waals surface area contributed by atoms with Gasteiger partial charge in [0.2, 0.25) is 0 Å². The highest BCUT2D eigenvalue weighted by Crippen LogP contribution is 2.18. The molecule has 0 amide bonds. The summed E-state index contributed by atoms with van der Waals surface area (Å²) in [6.07, 6.45) is 3.16. The predicted molar refractivity (Wildman–Crippen MR) is 94.8 cm³/mol. The molecule has 0 radical (unpaired) electrons. The molecule has 0 fully saturated rings. The van der Waals surface area contributed by atoms with E-state index in [0.717, 1.165) is 0 Å². The first-order valence-corrected chi connectivity index (χ1v) is 8.41. The number of rotatable bonds is 6. The number of ether oxygens (including phenoxy) is 1. The summed E-state index contributed by atoms with van der Waals surface area (Å²) in [7, 11) is 0. The van der Waals surface area contributed by atoms with Crippen LogP contribution in [0.2, 0.25) is 0 Å². The fourth-order valence-electron chi connectivity index (χ4n) is 2.24. The lowest BCUT2D eigenvalue weighted by Gasteiger charge is -2.08. The molecular weight excluding hydrogens is 349 g/mol. The highest BCUT2D eigenvalue weighted by atomic mass is 32.1. The summed E-state index contributed by atoms with van der Waals surface area (Å²) in [5, 5.41) is 0. The number of fused-ring (bicyclic) bond motifs is 1. The second kappa shape index (κ2) is 7.06. The third kappa shape index (κ3) is 3.15. The number of thiazole rings is 1. The Morgan fingerprint density at radius 1 is 1.42 bits per heavy atom. The Labute approximate surface area is 146 Å². The first-order valence-electron chi connectivity index (χ1n) is 7.19. The van der Waals surface area contributed by atoms with Crippen LogP contribution in [0.15, 0.2) is 48.0 Å². The lowest BCUT2D eigenvalue weighted by Crippen LogP contribution is -2.23. The number of allylic oxidation sites excluding steroid dienone is 1. The molecule has 0 aliphatic rings. The Bertz CT molecular complexity index is 1010. The lowest BCUT2D eigenvalue weighted by molar-refractivity contribution is 0.282. The summed E-state index contributed by atoms with van der Waals surface area (Å²) >= 11 is 6.49. The van der Waals surface area contributed by atoms with Gasteiger partial charge in [-0.25, -0.2) is 9.37 Å². The molecule has 124 valence electrons. The zero-order valence-electron chi connectivity index (χ0n) is 12.6. The second-order valence-corrected chi connectivity index (χ2v) is 6.59. The topological polar surface area (TPSA) is 49.0 Å². The number of halogens is 1. The molecule has 2 heterocycles. The summed E-state index contributed by atoms with van der Waals surface area (Å²) in [6, 6.07) is 6.14. The van der Waals surface area contributed by atoms with E-state index in [-0.39, 0.29) is 24.5 Å². The summed E-state index contributed by atoms with van der Waals surface area (Å²) < 4.78 is 23.2. The summed E-state index contributed by atoms with van der Waals surface area (Å²) in [4.78, 5) is 16.8. The van der Waals surface area contributed by atoms with Crippen LogP contribution in [0.3, 0.4) is 0 Å². The Morgan fingerprint density at radius 3 is 2.96 bits per heavy atom. The highest BCUT2D eigenvalue weighted by Gasteiger charge is 2.11. The average molecular weight is 363 g/mol. The third-order valence-electron chi connectivity index (χ3n) is 3.38. The lowest BCUT2D eigenvalue weighted by atomic mass is 10.3. The van der Waals surface area contributed by atoms with Crippen molar-refractivity contribution in [3.63, 3.8) is 0 Å². The molecule has 24 heavy (non-hydrogen) atoms. The van der Waals surface area contributed by atoms with Crippen LogP contribution in [0.5, 0.6) is 5.75 Å². The molecule has 2 aromatic heterocycles. The molecule has 0 aliphatic heterocycles. The fraction of sp³-hybridized carbons (Fsp3) is 0.188. The summed E-state index contributed by atoms with van der Waals surface area (Å²) in [6.45, 7) is 4.61.